The monoisotopic (exact) mass is 228 g/mol. The summed E-state index contributed by atoms with van der Waals surface area (Å²) in [7, 11) is 0. The Labute approximate surface area is 96.0 Å². The number of hydrogen-bond donors (Lipinski definition) is 2. The maximum Gasteiger partial charge on any atom is 0.153 e. The van der Waals surface area contributed by atoms with Gasteiger partial charge in [0.2, 0.25) is 0 Å². The number of nitrogens with two attached hydrogens (primary N) is 1. The molecule has 16 heavy (non-hydrogen) atoms. The minimum atomic E-state index is 0.291. The van der Waals surface area contributed by atoms with Crippen LogP contribution in [0.5, 0.6) is 0 Å². The number of aromatic nitrogens is 1. The molecule has 1 aromatic heterocycles. The minimum Gasteiger partial charge on any atom is -0.383 e. The molecule has 0 radical (unpaired) electrons. The summed E-state index contributed by atoms with van der Waals surface area (Å²) in [6.45, 7) is 0. The number of fused-ring (bicyclic) bond motifs is 1. The van der Waals surface area contributed by atoms with Gasteiger partial charge in [0.1, 0.15) is 16.5 Å². The molecule has 0 spiro atoms. The van der Waals surface area contributed by atoms with Gasteiger partial charge in [-0.25, -0.2) is 9.98 Å². The van der Waals surface area contributed by atoms with Gasteiger partial charge >= 0.3 is 0 Å². The fourth-order valence-electron chi connectivity index (χ4n) is 1.69. The fraction of sp³-hybridized carbons (Fsp3) is 0. The van der Waals surface area contributed by atoms with Gasteiger partial charge in [0.05, 0.1) is 0 Å². The maximum atomic E-state index is 7.78. The van der Waals surface area contributed by atoms with E-state index in [1.54, 1.807) is 5.38 Å². The quantitative estimate of drug-likeness (QED) is 0.782. The Morgan fingerprint density at radius 1 is 1.19 bits per heavy atom. The molecule has 0 saturated carbocycles. The first-order valence-electron chi connectivity index (χ1n) is 4.74. The van der Waals surface area contributed by atoms with Crippen LogP contribution in [-0.2, 0) is 0 Å². The molecule has 2 aromatic rings. The van der Waals surface area contributed by atoms with Crippen molar-refractivity contribution in [3.05, 3.63) is 45.8 Å². The third-order valence-electron chi connectivity index (χ3n) is 2.39. The number of benzene rings is 1. The first kappa shape index (κ1) is 9.23. The molecule has 1 aliphatic heterocycles. The molecule has 78 valence electrons. The molecule has 0 unspecified atom stereocenters. The number of nitrogens with one attached hydrogen (secondary N) is 1. The Balaban J connectivity index is 2.18. The number of nitrogen functional groups attached to an aromatic ring is 1. The summed E-state index contributed by atoms with van der Waals surface area (Å²) in [5.41, 5.74) is 8.16. The van der Waals surface area contributed by atoms with E-state index in [2.05, 4.69) is 9.98 Å². The van der Waals surface area contributed by atoms with E-state index < -0.39 is 0 Å². The number of anilines is 1. The molecule has 0 bridgehead atoms. The number of rotatable bonds is 1. The van der Waals surface area contributed by atoms with E-state index in [4.69, 9.17) is 11.1 Å². The molecule has 0 saturated heterocycles. The van der Waals surface area contributed by atoms with Crippen molar-refractivity contribution >= 4 is 28.7 Å². The van der Waals surface area contributed by atoms with Gasteiger partial charge in [-0.15, -0.1) is 11.3 Å². The predicted octanol–water partition coefficient (Wildman–Crippen LogP) is 1.90. The van der Waals surface area contributed by atoms with Crippen LogP contribution >= 0.6 is 11.3 Å². The highest BCUT2D eigenvalue weighted by molar-refractivity contribution is 7.12. The molecule has 3 N–H and O–H groups in total. The van der Waals surface area contributed by atoms with E-state index in [9.17, 15) is 0 Å². The zero-order valence-corrected chi connectivity index (χ0v) is 9.08. The molecule has 4 nitrogen and oxygen atoms in total. The first-order chi connectivity index (χ1) is 7.75. The second-order valence-electron chi connectivity index (χ2n) is 3.43. The molecular weight excluding hydrogens is 220 g/mol. The topological polar surface area (TPSA) is 75.1 Å². The van der Waals surface area contributed by atoms with E-state index in [0.29, 0.717) is 11.7 Å². The maximum absolute atomic E-state index is 7.78. The van der Waals surface area contributed by atoms with E-state index in [0.717, 1.165) is 21.8 Å². The fourth-order valence-corrected chi connectivity index (χ4v) is 2.40. The van der Waals surface area contributed by atoms with Crippen LogP contribution in [0.25, 0.3) is 0 Å². The summed E-state index contributed by atoms with van der Waals surface area (Å²) in [4.78, 5) is 8.43. The summed E-state index contributed by atoms with van der Waals surface area (Å²) in [5, 5.41) is 10.3. The van der Waals surface area contributed by atoms with Crippen molar-refractivity contribution in [2.75, 3.05) is 5.73 Å². The van der Waals surface area contributed by atoms with Crippen LogP contribution in [0.2, 0.25) is 0 Å². The third-order valence-corrected chi connectivity index (χ3v) is 3.25. The van der Waals surface area contributed by atoms with Gasteiger partial charge in [0.15, 0.2) is 5.84 Å². The Bertz CT molecular complexity index is 612. The average molecular weight is 228 g/mol. The van der Waals surface area contributed by atoms with Crippen molar-refractivity contribution < 1.29 is 0 Å². The van der Waals surface area contributed by atoms with Gasteiger partial charge in [-0.1, -0.05) is 24.3 Å². The van der Waals surface area contributed by atoms with Gasteiger partial charge in [-0.3, -0.25) is 5.41 Å². The van der Waals surface area contributed by atoms with E-state index in [-0.39, 0.29) is 0 Å². The highest BCUT2D eigenvalue weighted by Gasteiger charge is 2.22. The summed E-state index contributed by atoms with van der Waals surface area (Å²) < 4.78 is 0. The second kappa shape index (κ2) is 3.24. The molecule has 5 heteroatoms. The lowest BCUT2D eigenvalue weighted by atomic mass is 10.1. The van der Waals surface area contributed by atoms with Crippen molar-refractivity contribution in [2.24, 2.45) is 4.99 Å². The number of thiazole rings is 1. The Kier molecular flexibility index (Phi) is 1.87. The highest BCUT2D eigenvalue weighted by Crippen LogP contribution is 2.24. The van der Waals surface area contributed by atoms with E-state index in [1.165, 1.54) is 11.3 Å². The summed E-state index contributed by atoms with van der Waals surface area (Å²) in [6.07, 6.45) is 0. The van der Waals surface area contributed by atoms with Gasteiger partial charge in [-0.2, -0.15) is 0 Å². The van der Waals surface area contributed by atoms with Crippen molar-refractivity contribution in [1.29, 1.82) is 5.41 Å². The van der Waals surface area contributed by atoms with Crippen molar-refractivity contribution in [3.63, 3.8) is 0 Å². The molecule has 0 aliphatic carbocycles. The average Bonchev–Trinajstić information content (AvgIpc) is 2.84. The number of nitrogens with zero attached hydrogens (tertiary/aromatic N) is 2. The standard InChI is InChI=1S/C11H8N4S/c12-8-5-16-11(14-8)9-6-3-1-2-4-7(6)10(13)15-9/h1-5,13H,12H2. The van der Waals surface area contributed by atoms with Gasteiger partial charge in [0.25, 0.3) is 0 Å². The summed E-state index contributed by atoms with van der Waals surface area (Å²) in [5.74, 6) is 0.790. The van der Waals surface area contributed by atoms with Crippen LogP contribution < -0.4 is 5.73 Å². The van der Waals surface area contributed by atoms with Gasteiger partial charge < -0.3 is 5.73 Å². The molecule has 0 fully saturated rings. The number of aliphatic imine (C=N–C) groups is 1. The SMILES string of the molecule is N=C1N=C(c2nc(N)cs2)c2ccccc21. The number of hydrogen-bond acceptors (Lipinski definition) is 4. The molecule has 1 aliphatic rings. The zero-order valence-electron chi connectivity index (χ0n) is 8.27. The third kappa shape index (κ3) is 1.25. The van der Waals surface area contributed by atoms with Gasteiger partial charge in [-0.05, 0) is 0 Å². The van der Waals surface area contributed by atoms with Crippen molar-refractivity contribution in [3.8, 4) is 0 Å². The summed E-state index contributed by atoms with van der Waals surface area (Å²) >= 11 is 1.45. The Hall–Kier alpha value is -2.01. The second-order valence-corrected chi connectivity index (χ2v) is 4.29. The number of amidine groups is 1. The van der Waals surface area contributed by atoms with Crippen molar-refractivity contribution in [2.45, 2.75) is 0 Å². The normalized spacial score (nSPS) is 13.8. The molecular formula is C11H8N4S. The summed E-state index contributed by atoms with van der Waals surface area (Å²) in [6, 6.07) is 7.68. The van der Waals surface area contributed by atoms with E-state index in [1.807, 2.05) is 24.3 Å². The predicted molar refractivity (Wildman–Crippen MR) is 65.4 cm³/mol. The Morgan fingerprint density at radius 3 is 2.62 bits per heavy atom. The zero-order chi connectivity index (χ0) is 11.1. The van der Waals surface area contributed by atoms with Crippen LogP contribution in [0.1, 0.15) is 16.1 Å². The van der Waals surface area contributed by atoms with Crippen LogP contribution in [0.4, 0.5) is 5.82 Å². The largest absolute Gasteiger partial charge is 0.383 e. The lowest BCUT2D eigenvalue weighted by molar-refractivity contribution is 1.39. The Morgan fingerprint density at radius 2 is 1.94 bits per heavy atom. The molecule has 0 atom stereocenters. The molecule has 3 rings (SSSR count). The van der Waals surface area contributed by atoms with E-state index >= 15 is 0 Å². The highest BCUT2D eigenvalue weighted by atomic mass is 32.1. The van der Waals surface area contributed by atoms with Crippen LogP contribution in [0.15, 0.2) is 34.6 Å². The molecule has 2 heterocycles. The minimum absolute atomic E-state index is 0.291. The molecule has 0 amide bonds. The van der Waals surface area contributed by atoms with Crippen LogP contribution in [0.3, 0.4) is 0 Å². The molecule has 1 aromatic carbocycles. The van der Waals surface area contributed by atoms with Crippen molar-refractivity contribution in [1.82, 2.24) is 4.98 Å². The lowest BCUT2D eigenvalue weighted by Crippen LogP contribution is -2.00. The smallest absolute Gasteiger partial charge is 0.153 e. The van der Waals surface area contributed by atoms with Crippen LogP contribution in [-0.4, -0.2) is 16.5 Å². The first-order valence-corrected chi connectivity index (χ1v) is 5.62. The lowest BCUT2D eigenvalue weighted by Gasteiger charge is -1.98. The van der Waals surface area contributed by atoms with Crippen LogP contribution in [0, 0.1) is 5.41 Å². The van der Waals surface area contributed by atoms with Gasteiger partial charge in [0, 0.05) is 16.5 Å².